The molecule has 158 valence electrons. The second kappa shape index (κ2) is 7.16. The van der Waals surface area contributed by atoms with E-state index in [1.54, 1.807) is 27.7 Å². The quantitative estimate of drug-likeness (QED) is 0.702. The van der Waals surface area contributed by atoms with E-state index < -0.39 is 40.6 Å². The molecular formula is C20H18F3N3O4. The Morgan fingerprint density at radius 3 is 2.57 bits per heavy atom. The van der Waals surface area contributed by atoms with Crippen LogP contribution in [0, 0.1) is 30.6 Å². The molecule has 0 saturated carbocycles. The molecule has 1 aromatic heterocycles. The number of hydrogen-bond acceptors (Lipinski definition) is 6. The minimum atomic E-state index is -4.76. The highest BCUT2D eigenvalue weighted by Crippen LogP contribution is 2.38. The molecule has 7 nitrogen and oxygen atoms in total. The third-order valence-corrected chi connectivity index (χ3v) is 4.93. The lowest BCUT2D eigenvalue weighted by atomic mass is 9.89. The Kier molecular flexibility index (Phi) is 5.10. The number of rotatable bonds is 3. The SMILES string of the molecule is Cc1noc(C)c1C(=O)N1CC(C)(C)C(Oc2ccc(C#N)c(C(F)(F)F)c2)C1=O. The molecule has 2 heterocycles. The number of aryl methyl sites for hydroxylation is 2. The summed E-state index contributed by atoms with van der Waals surface area (Å²) in [4.78, 5) is 26.8. The van der Waals surface area contributed by atoms with Crippen molar-refractivity contribution in [2.75, 3.05) is 6.54 Å². The summed E-state index contributed by atoms with van der Waals surface area (Å²) in [5.41, 5.74) is -2.10. The van der Waals surface area contributed by atoms with E-state index in [0.717, 1.165) is 11.0 Å². The van der Waals surface area contributed by atoms with Crippen LogP contribution in [0.1, 0.15) is 46.8 Å². The number of carbonyl (C=O) groups is 2. The average molecular weight is 421 g/mol. The molecule has 1 saturated heterocycles. The van der Waals surface area contributed by atoms with Crippen molar-refractivity contribution in [1.29, 1.82) is 5.26 Å². The molecule has 0 spiro atoms. The molecule has 30 heavy (non-hydrogen) atoms. The zero-order chi connectivity index (χ0) is 22.4. The Balaban J connectivity index is 1.91. The summed E-state index contributed by atoms with van der Waals surface area (Å²) in [6.07, 6.45) is -5.96. The summed E-state index contributed by atoms with van der Waals surface area (Å²) in [5, 5.41) is 12.6. The maximum atomic E-state index is 13.2. The van der Waals surface area contributed by atoms with Gasteiger partial charge in [0.15, 0.2) is 6.10 Å². The number of carbonyl (C=O) groups excluding carboxylic acids is 2. The summed E-state index contributed by atoms with van der Waals surface area (Å²) in [6.45, 7) is 6.46. The number of ether oxygens (including phenoxy) is 1. The van der Waals surface area contributed by atoms with E-state index in [-0.39, 0.29) is 23.6 Å². The Hall–Kier alpha value is -3.35. The van der Waals surface area contributed by atoms with E-state index in [2.05, 4.69) is 5.16 Å². The summed E-state index contributed by atoms with van der Waals surface area (Å²) in [7, 11) is 0. The molecule has 1 aliphatic rings. The molecule has 0 N–H and O–H groups in total. The molecule has 10 heteroatoms. The number of nitrogens with zero attached hydrogens (tertiary/aromatic N) is 3. The number of amides is 2. The first-order valence-corrected chi connectivity index (χ1v) is 8.93. The van der Waals surface area contributed by atoms with Crippen LogP contribution < -0.4 is 4.74 Å². The maximum absolute atomic E-state index is 13.2. The van der Waals surface area contributed by atoms with Crippen LogP contribution in [-0.2, 0) is 11.0 Å². The molecule has 0 radical (unpaired) electrons. The predicted molar refractivity (Wildman–Crippen MR) is 96.4 cm³/mol. The van der Waals surface area contributed by atoms with Crippen LogP contribution in [0.5, 0.6) is 5.75 Å². The largest absolute Gasteiger partial charge is 0.480 e. The van der Waals surface area contributed by atoms with Gasteiger partial charge in [0, 0.05) is 12.0 Å². The van der Waals surface area contributed by atoms with Gasteiger partial charge in [-0.2, -0.15) is 18.4 Å². The summed E-state index contributed by atoms with van der Waals surface area (Å²) < 4.78 is 50.2. The number of benzene rings is 1. The van der Waals surface area contributed by atoms with Crippen LogP contribution in [0.3, 0.4) is 0 Å². The third-order valence-electron chi connectivity index (χ3n) is 4.93. The number of nitriles is 1. The third kappa shape index (κ3) is 3.63. The molecule has 0 aliphatic carbocycles. The highest BCUT2D eigenvalue weighted by Gasteiger charge is 2.51. The van der Waals surface area contributed by atoms with Gasteiger partial charge in [0.05, 0.1) is 22.9 Å². The summed E-state index contributed by atoms with van der Waals surface area (Å²) in [5.74, 6) is -1.25. The molecule has 1 aliphatic heterocycles. The smallest absolute Gasteiger partial charge is 0.417 e. The van der Waals surface area contributed by atoms with Crippen LogP contribution in [0.4, 0.5) is 13.2 Å². The van der Waals surface area contributed by atoms with E-state index >= 15 is 0 Å². The summed E-state index contributed by atoms with van der Waals surface area (Å²) in [6, 6.07) is 4.34. The van der Waals surface area contributed by atoms with Crippen molar-refractivity contribution in [2.45, 2.75) is 40.0 Å². The molecule has 0 bridgehead atoms. The predicted octanol–water partition coefficient (Wildman–Crippen LogP) is 3.64. The van der Waals surface area contributed by atoms with Crippen LogP contribution in [0.15, 0.2) is 22.7 Å². The van der Waals surface area contributed by atoms with Gasteiger partial charge in [0.2, 0.25) is 0 Å². The molecule has 1 unspecified atom stereocenters. The van der Waals surface area contributed by atoms with Crippen LogP contribution in [0.2, 0.25) is 0 Å². The van der Waals surface area contributed by atoms with Crippen molar-refractivity contribution in [3.05, 3.63) is 46.3 Å². The van der Waals surface area contributed by atoms with Gasteiger partial charge in [-0.05, 0) is 32.0 Å². The van der Waals surface area contributed by atoms with Crippen LogP contribution in [-0.4, -0.2) is 34.5 Å². The van der Waals surface area contributed by atoms with E-state index in [1.807, 2.05) is 0 Å². The van der Waals surface area contributed by atoms with Gasteiger partial charge >= 0.3 is 6.18 Å². The monoisotopic (exact) mass is 421 g/mol. The molecular weight excluding hydrogens is 403 g/mol. The van der Waals surface area contributed by atoms with Crippen molar-refractivity contribution in [2.24, 2.45) is 5.41 Å². The van der Waals surface area contributed by atoms with Gasteiger partial charge in [-0.15, -0.1) is 0 Å². The first kappa shape index (κ1) is 21.4. The fraction of sp³-hybridized carbons (Fsp3) is 0.400. The lowest BCUT2D eigenvalue weighted by molar-refractivity contribution is -0.137. The second-order valence-electron chi connectivity index (χ2n) is 7.73. The minimum Gasteiger partial charge on any atom is -0.480 e. The topological polar surface area (TPSA) is 96.4 Å². The van der Waals surface area contributed by atoms with Gasteiger partial charge in [-0.3, -0.25) is 14.5 Å². The average Bonchev–Trinajstić information content (AvgIpc) is 3.10. The molecule has 2 amide bonds. The van der Waals surface area contributed by atoms with Crippen molar-refractivity contribution < 1.29 is 32.0 Å². The van der Waals surface area contributed by atoms with E-state index in [1.165, 1.54) is 12.1 Å². The Labute approximate surface area is 170 Å². The lowest BCUT2D eigenvalue weighted by Gasteiger charge is -2.24. The van der Waals surface area contributed by atoms with E-state index in [9.17, 15) is 22.8 Å². The Morgan fingerprint density at radius 1 is 1.37 bits per heavy atom. The van der Waals surface area contributed by atoms with Crippen molar-refractivity contribution in [1.82, 2.24) is 10.1 Å². The number of alkyl halides is 3. The number of likely N-dealkylation sites (tertiary alicyclic amines) is 1. The van der Waals surface area contributed by atoms with Crippen molar-refractivity contribution >= 4 is 11.8 Å². The van der Waals surface area contributed by atoms with Gasteiger partial charge in [-0.25, -0.2) is 0 Å². The molecule has 2 aromatic rings. The fourth-order valence-corrected chi connectivity index (χ4v) is 3.41. The van der Waals surface area contributed by atoms with Gasteiger partial charge < -0.3 is 9.26 Å². The molecule has 3 rings (SSSR count). The molecule has 1 fully saturated rings. The zero-order valence-electron chi connectivity index (χ0n) is 16.6. The highest BCUT2D eigenvalue weighted by atomic mass is 19.4. The van der Waals surface area contributed by atoms with Gasteiger partial charge in [0.25, 0.3) is 11.8 Å². The van der Waals surface area contributed by atoms with Gasteiger partial charge in [0.1, 0.15) is 17.1 Å². The minimum absolute atomic E-state index is 0.00179. The lowest BCUT2D eigenvalue weighted by Crippen LogP contribution is -2.38. The normalized spacial score (nSPS) is 18.4. The number of imide groups is 1. The van der Waals surface area contributed by atoms with Crippen molar-refractivity contribution in [3.63, 3.8) is 0 Å². The molecule has 1 atom stereocenters. The maximum Gasteiger partial charge on any atom is 0.417 e. The fourth-order valence-electron chi connectivity index (χ4n) is 3.41. The zero-order valence-corrected chi connectivity index (χ0v) is 16.6. The van der Waals surface area contributed by atoms with E-state index in [4.69, 9.17) is 14.5 Å². The Morgan fingerprint density at radius 2 is 2.03 bits per heavy atom. The second-order valence-corrected chi connectivity index (χ2v) is 7.73. The number of halogens is 3. The van der Waals surface area contributed by atoms with E-state index in [0.29, 0.717) is 11.8 Å². The van der Waals surface area contributed by atoms with Crippen molar-refractivity contribution in [3.8, 4) is 11.8 Å². The van der Waals surface area contributed by atoms with Crippen LogP contribution in [0.25, 0.3) is 0 Å². The standard InChI is InChI=1S/C20H18F3N3O4/c1-10-15(11(2)30-25-10)17(27)26-9-19(3,4)16(18(26)28)29-13-6-5-12(8-24)14(7-13)20(21,22)23/h5-7,16H,9H2,1-4H3. The highest BCUT2D eigenvalue weighted by molar-refractivity contribution is 6.08. The first-order valence-electron chi connectivity index (χ1n) is 8.93. The first-order chi connectivity index (χ1) is 13.9. The van der Waals surface area contributed by atoms with Gasteiger partial charge in [-0.1, -0.05) is 19.0 Å². The Bertz CT molecular complexity index is 1050. The number of aromatic nitrogens is 1. The number of hydrogen-bond donors (Lipinski definition) is 0. The molecule has 1 aromatic carbocycles. The summed E-state index contributed by atoms with van der Waals surface area (Å²) >= 11 is 0. The van der Waals surface area contributed by atoms with Crippen LogP contribution >= 0.6 is 0 Å².